The van der Waals surface area contributed by atoms with Gasteiger partial charge in [-0.3, -0.25) is 0 Å². The minimum Gasteiger partial charge on any atom is -0.452 e. The summed E-state index contributed by atoms with van der Waals surface area (Å²) >= 11 is 3.08. The predicted molar refractivity (Wildman–Crippen MR) is 78.9 cm³/mol. The van der Waals surface area contributed by atoms with Gasteiger partial charge in [0.1, 0.15) is 10.7 Å². The van der Waals surface area contributed by atoms with E-state index in [4.69, 9.17) is 14.9 Å². The molecule has 0 unspecified atom stereocenters. The summed E-state index contributed by atoms with van der Waals surface area (Å²) in [5, 5.41) is 0. The van der Waals surface area contributed by atoms with E-state index in [0.29, 0.717) is 25.5 Å². The smallest absolute Gasteiger partial charge is 0.245 e. The predicted octanol–water partition coefficient (Wildman–Crippen LogP) is 0.357. The highest BCUT2D eigenvalue weighted by Gasteiger charge is 2.21. The highest BCUT2D eigenvalue weighted by atomic mass is 79.9. The van der Waals surface area contributed by atoms with E-state index in [2.05, 4.69) is 20.7 Å². The van der Waals surface area contributed by atoms with Crippen molar-refractivity contribution in [2.75, 3.05) is 40.4 Å². The number of ether oxygens (including phenoxy) is 1. The molecular formula is C11H20BrN3O4S. The molecule has 9 heteroatoms. The number of sulfonamides is 1. The molecule has 0 bridgehead atoms. The van der Waals surface area contributed by atoms with Crippen LogP contribution < -0.4 is 10.5 Å². The lowest BCUT2D eigenvalue weighted by Gasteiger charge is -2.15. The molecule has 0 spiro atoms. The summed E-state index contributed by atoms with van der Waals surface area (Å²) in [6.45, 7) is 2.38. The van der Waals surface area contributed by atoms with Crippen LogP contribution in [0.25, 0.3) is 0 Å². The zero-order chi connectivity index (χ0) is 15.2. The van der Waals surface area contributed by atoms with Crippen molar-refractivity contribution in [3.8, 4) is 0 Å². The average molecular weight is 370 g/mol. The number of nitrogens with zero attached hydrogens (tertiary/aromatic N) is 1. The van der Waals surface area contributed by atoms with Crippen LogP contribution in [0.15, 0.2) is 20.0 Å². The van der Waals surface area contributed by atoms with Gasteiger partial charge in [0.25, 0.3) is 0 Å². The Balaban J connectivity index is 2.55. The first-order chi connectivity index (χ1) is 9.40. The third-order valence-electron chi connectivity index (χ3n) is 2.66. The molecule has 0 saturated heterocycles. The van der Waals surface area contributed by atoms with Crippen molar-refractivity contribution in [3.63, 3.8) is 0 Å². The van der Waals surface area contributed by atoms with E-state index in [-0.39, 0.29) is 16.1 Å². The molecule has 7 nitrogen and oxygen atoms in total. The van der Waals surface area contributed by atoms with Crippen molar-refractivity contribution < 1.29 is 17.6 Å². The number of likely N-dealkylation sites (N-methyl/N-ethyl adjacent to an activating group) is 1. The average Bonchev–Trinajstić information content (AvgIpc) is 2.78. The largest absolute Gasteiger partial charge is 0.452 e. The minimum atomic E-state index is -3.60. The van der Waals surface area contributed by atoms with E-state index in [0.717, 1.165) is 6.54 Å². The number of nitrogens with two attached hydrogens (primary N) is 1. The number of halogens is 1. The number of hydrogen-bond acceptors (Lipinski definition) is 6. The van der Waals surface area contributed by atoms with Crippen LogP contribution >= 0.6 is 15.9 Å². The number of methoxy groups -OCH3 is 1. The number of nitrogens with one attached hydrogen (secondary N) is 1. The molecule has 0 amide bonds. The molecule has 0 aromatic carbocycles. The van der Waals surface area contributed by atoms with Crippen LogP contribution in [-0.4, -0.2) is 53.7 Å². The summed E-state index contributed by atoms with van der Waals surface area (Å²) in [7, 11) is -0.0770. The Labute approximate surface area is 127 Å². The minimum absolute atomic E-state index is 0.0671. The van der Waals surface area contributed by atoms with Crippen molar-refractivity contribution in [1.29, 1.82) is 0 Å². The van der Waals surface area contributed by atoms with Crippen LogP contribution in [0.3, 0.4) is 0 Å². The molecule has 0 atom stereocenters. The van der Waals surface area contributed by atoms with Gasteiger partial charge in [0.15, 0.2) is 4.67 Å². The zero-order valence-corrected chi connectivity index (χ0v) is 14.0. The fourth-order valence-corrected chi connectivity index (χ4v) is 3.51. The molecule has 1 aromatic rings. The monoisotopic (exact) mass is 369 g/mol. The van der Waals surface area contributed by atoms with E-state index in [1.807, 2.05) is 11.9 Å². The number of hydrogen-bond donors (Lipinski definition) is 2. The first kappa shape index (κ1) is 17.6. The molecule has 0 aliphatic carbocycles. The second kappa shape index (κ2) is 8.11. The Hall–Kier alpha value is -0.450. The van der Waals surface area contributed by atoms with E-state index < -0.39 is 10.0 Å². The van der Waals surface area contributed by atoms with E-state index >= 15 is 0 Å². The van der Waals surface area contributed by atoms with Crippen LogP contribution in [0.1, 0.15) is 5.76 Å². The van der Waals surface area contributed by atoms with Crippen molar-refractivity contribution in [2.45, 2.75) is 11.4 Å². The van der Waals surface area contributed by atoms with Gasteiger partial charge in [-0.25, -0.2) is 13.1 Å². The first-order valence-corrected chi connectivity index (χ1v) is 8.33. The van der Waals surface area contributed by atoms with Gasteiger partial charge in [0.05, 0.1) is 13.2 Å². The summed E-state index contributed by atoms with van der Waals surface area (Å²) in [5.74, 6) is 0.412. The van der Waals surface area contributed by atoms with Crippen molar-refractivity contribution >= 4 is 26.0 Å². The fourth-order valence-electron chi connectivity index (χ4n) is 1.49. The second-order valence-corrected chi connectivity index (χ2v) is 6.70. The molecule has 1 rings (SSSR count). The van der Waals surface area contributed by atoms with Gasteiger partial charge in [0, 0.05) is 32.8 Å². The van der Waals surface area contributed by atoms with Gasteiger partial charge < -0.3 is 19.8 Å². The van der Waals surface area contributed by atoms with Crippen LogP contribution in [0.4, 0.5) is 0 Å². The summed E-state index contributed by atoms with van der Waals surface area (Å²) < 4.78 is 37.0. The maximum absolute atomic E-state index is 12.1. The first-order valence-electron chi connectivity index (χ1n) is 6.06. The van der Waals surface area contributed by atoms with Gasteiger partial charge in [-0.15, -0.1) is 0 Å². The maximum atomic E-state index is 12.1. The lowest BCUT2D eigenvalue weighted by molar-refractivity contribution is 0.162. The van der Waals surface area contributed by atoms with Gasteiger partial charge in [-0.2, -0.15) is 0 Å². The topological polar surface area (TPSA) is 97.8 Å². The lowest BCUT2D eigenvalue weighted by atomic mass is 10.5. The van der Waals surface area contributed by atoms with Crippen molar-refractivity contribution in [1.82, 2.24) is 9.62 Å². The van der Waals surface area contributed by atoms with Crippen molar-refractivity contribution in [3.05, 3.63) is 16.5 Å². The summed E-state index contributed by atoms with van der Waals surface area (Å²) in [6, 6.07) is 1.42. The summed E-state index contributed by atoms with van der Waals surface area (Å²) in [6.07, 6.45) is 0. The molecular weight excluding hydrogens is 350 g/mol. The summed E-state index contributed by atoms with van der Waals surface area (Å²) in [5.41, 5.74) is 5.41. The maximum Gasteiger partial charge on any atom is 0.245 e. The third-order valence-corrected chi connectivity index (χ3v) is 4.98. The highest BCUT2D eigenvalue weighted by Crippen LogP contribution is 2.25. The van der Waals surface area contributed by atoms with Gasteiger partial charge in [-0.1, -0.05) is 0 Å². The van der Waals surface area contributed by atoms with Crippen LogP contribution in [0.5, 0.6) is 0 Å². The van der Waals surface area contributed by atoms with Crippen molar-refractivity contribution in [2.24, 2.45) is 5.73 Å². The van der Waals surface area contributed by atoms with Gasteiger partial charge >= 0.3 is 0 Å². The van der Waals surface area contributed by atoms with Gasteiger partial charge in [0.2, 0.25) is 10.0 Å². The third kappa shape index (κ3) is 5.15. The molecule has 0 aliphatic heterocycles. The molecule has 3 N–H and O–H groups in total. The lowest BCUT2D eigenvalue weighted by Crippen LogP contribution is -2.34. The van der Waals surface area contributed by atoms with Crippen LogP contribution in [0, 0.1) is 0 Å². The van der Waals surface area contributed by atoms with E-state index in [1.165, 1.54) is 6.07 Å². The van der Waals surface area contributed by atoms with Crippen LogP contribution in [-0.2, 0) is 21.3 Å². The molecule has 0 saturated carbocycles. The molecule has 116 valence electrons. The fraction of sp³-hybridized carbons (Fsp3) is 0.636. The second-order valence-electron chi connectivity index (χ2n) is 4.25. The SMILES string of the molecule is COCCN(C)CCNS(=O)(=O)c1cc(CN)oc1Br. The standard InChI is InChI=1S/C11H20BrN3O4S/c1-15(5-6-18-2)4-3-14-20(16,17)10-7-9(8-13)19-11(10)12/h7,14H,3-6,8,13H2,1-2H3. The molecule has 1 aromatic heterocycles. The molecule has 0 radical (unpaired) electrons. The normalized spacial score (nSPS) is 12.2. The molecule has 20 heavy (non-hydrogen) atoms. The number of furan rings is 1. The summed E-state index contributed by atoms with van der Waals surface area (Å²) in [4.78, 5) is 2.04. The Morgan fingerprint density at radius 1 is 1.50 bits per heavy atom. The van der Waals surface area contributed by atoms with E-state index in [9.17, 15) is 8.42 Å². The quantitative estimate of drug-likeness (QED) is 0.651. The number of rotatable bonds is 9. The molecule has 0 fully saturated rings. The molecule has 0 aliphatic rings. The Bertz CT molecular complexity index is 518. The zero-order valence-electron chi connectivity index (χ0n) is 11.6. The van der Waals surface area contributed by atoms with Gasteiger partial charge in [-0.05, 0) is 23.0 Å². The molecule has 1 heterocycles. The Morgan fingerprint density at radius 3 is 2.75 bits per heavy atom. The Morgan fingerprint density at radius 2 is 2.20 bits per heavy atom. The van der Waals surface area contributed by atoms with Crippen LogP contribution in [0.2, 0.25) is 0 Å². The highest BCUT2D eigenvalue weighted by molar-refractivity contribution is 9.10. The Kier molecular flexibility index (Phi) is 7.13. The van der Waals surface area contributed by atoms with E-state index in [1.54, 1.807) is 7.11 Å².